The maximum Gasteiger partial charge on any atom is 0.327 e. The summed E-state index contributed by atoms with van der Waals surface area (Å²) in [4.78, 5) is 12.2. The number of alkyl halides is 2. The minimum Gasteiger partial charge on any atom is -0.378 e. The zero-order valence-corrected chi connectivity index (χ0v) is 13.8. The van der Waals surface area contributed by atoms with Gasteiger partial charge in [-0.25, -0.2) is 0 Å². The molecule has 0 bridgehead atoms. The van der Waals surface area contributed by atoms with Gasteiger partial charge in [0.2, 0.25) is 0 Å². The number of hydrogen-bond acceptors (Lipinski definition) is 3. The van der Waals surface area contributed by atoms with Gasteiger partial charge < -0.3 is 10.1 Å². The van der Waals surface area contributed by atoms with E-state index in [1.807, 2.05) is 18.2 Å². The van der Waals surface area contributed by atoms with E-state index in [1.165, 1.54) is 0 Å². The number of nitrogens with one attached hydrogen (secondary N) is 1. The highest BCUT2D eigenvalue weighted by atomic mass is 19.3. The Hall–Kier alpha value is -2.28. The lowest BCUT2D eigenvalue weighted by Gasteiger charge is -2.24. The van der Waals surface area contributed by atoms with Crippen molar-refractivity contribution in [1.29, 1.82) is 0 Å². The number of benzene rings is 1. The Morgan fingerprint density at radius 2 is 2.16 bits per heavy atom. The Kier molecular flexibility index (Phi) is 5.43. The van der Waals surface area contributed by atoms with E-state index in [9.17, 15) is 13.6 Å². The molecule has 1 fully saturated rings. The summed E-state index contributed by atoms with van der Waals surface area (Å²) in [5.74, 6) is -4.74. The van der Waals surface area contributed by atoms with Crippen molar-refractivity contribution >= 4 is 5.91 Å². The van der Waals surface area contributed by atoms with Crippen LogP contribution in [0.5, 0.6) is 0 Å². The van der Waals surface area contributed by atoms with E-state index in [0.717, 1.165) is 12.0 Å². The van der Waals surface area contributed by atoms with Crippen molar-refractivity contribution in [1.82, 2.24) is 15.1 Å². The monoisotopic (exact) mass is 349 g/mol. The molecule has 1 aromatic carbocycles. The number of amides is 1. The van der Waals surface area contributed by atoms with Crippen LogP contribution in [-0.4, -0.2) is 34.3 Å². The largest absolute Gasteiger partial charge is 0.378 e. The minimum absolute atomic E-state index is 0.277. The second-order valence-electron chi connectivity index (χ2n) is 6.21. The summed E-state index contributed by atoms with van der Waals surface area (Å²) in [6.07, 6.45) is 3.53. The molecule has 1 aliphatic rings. The van der Waals surface area contributed by atoms with E-state index in [2.05, 4.69) is 10.4 Å². The molecule has 2 unspecified atom stereocenters. The summed E-state index contributed by atoms with van der Waals surface area (Å²) < 4.78 is 35.5. The SMILES string of the molecule is O=C(NC(Cn1cccn1)c1ccccc1)C(F)(F)CC1CCCO1. The molecule has 5 nitrogen and oxygen atoms in total. The van der Waals surface area contributed by atoms with Crippen LogP contribution in [0.3, 0.4) is 0 Å². The zero-order chi connectivity index (χ0) is 17.7. The molecule has 0 aliphatic carbocycles. The van der Waals surface area contributed by atoms with Gasteiger partial charge in [0, 0.05) is 25.4 Å². The molecule has 1 N–H and O–H groups in total. The molecule has 2 heterocycles. The highest BCUT2D eigenvalue weighted by Gasteiger charge is 2.43. The lowest BCUT2D eigenvalue weighted by molar-refractivity contribution is -0.151. The number of carbonyl (C=O) groups is 1. The third-order valence-electron chi connectivity index (χ3n) is 4.28. The zero-order valence-electron chi connectivity index (χ0n) is 13.8. The Morgan fingerprint density at radius 1 is 1.36 bits per heavy atom. The summed E-state index contributed by atoms with van der Waals surface area (Å²) in [6, 6.07) is 10.2. The first kappa shape index (κ1) is 17.5. The van der Waals surface area contributed by atoms with Crippen LogP contribution >= 0.6 is 0 Å². The molecule has 2 atom stereocenters. The molecule has 1 saturated heterocycles. The average Bonchev–Trinajstić information content (AvgIpc) is 3.28. The van der Waals surface area contributed by atoms with Gasteiger partial charge in [-0.15, -0.1) is 0 Å². The van der Waals surface area contributed by atoms with Gasteiger partial charge in [0.05, 0.1) is 18.7 Å². The van der Waals surface area contributed by atoms with E-state index in [0.29, 0.717) is 13.0 Å². The van der Waals surface area contributed by atoms with Crippen molar-refractivity contribution in [3.63, 3.8) is 0 Å². The lowest BCUT2D eigenvalue weighted by Crippen LogP contribution is -2.44. The highest BCUT2D eigenvalue weighted by molar-refractivity contribution is 5.83. The first-order valence-corrected chi connectivity index (χ1v) is 8.37. The van der Waals surface area contributed by atoms with Gasteiger partial charge in [0.1, 0.15) is 0 Å². The summed E-state index contributed by atoms with van der Waals surface area (Å²) in [5, 5.41) is 6.57. The number of halogens is 2. The Bertz CT molecular complexity index is 671. The molecular weight excluding hydrogens is 328 g/mol. The fourth-order valence-electron chi connectivity index (χ4n) is 2.96. The fourth-order valence-corrected chi connectivity index (χ4v) is 2.96. The summed E-state index contributed by atoms with van der Waals surface area (Å²) in [6.45, 7) is 0.757. The molecule has 0 saturated carbocycles. The molecule has 25 heavy (non-hydrogen) atoms. The van der Waals surface area contributed by atoms with E-state index in [-0.39, 0.29) is 6.54 Å². The number of carbonyl (C=O) groups excluding carboxylic acids is 1. The first-order chi connectivity index (χ1) is 12.0. The molecule has 0 radical (unpaired) electrons. The van der Waals surface area contributed by atoms with Crippen LogP contribution in [-0.2, 0) is 16.1 Å². The number of ether oxygens (including phenoxy) is 1. The summed E-state index contributed by atoms with van der Waals surface area (Å²) in [5.41, 5.74) is 0.749. The topological polar surface area (TPSA) is 56.2 Å². The van der Waals surface area contributed by atoms with Crippen LogP contribution in [0.15, 0.2) is 48.8 Å². The second kappa shape index (κ2) is 7.74. The van der Waals surface area contributed by atoms with Crippen molar-refractivity contribution in [2.45, 2.75) is 43.9 Å². The predicted octanol–water partition coefficient (Wildman–Crippen LogP) is 2.95. The maximum absolute atomic E-state index is 14.3. The number of aromatic nitrogens is 2. The molecule has 1 aliphatic heterocycles. The molecule has 1 aromatic heterocycles. The predicted molar refractivity (Wildman–Crippen MR) is 88.1 cm³/mol. The van der Waals surface area contributed by atoms with Crippen LogP contribution < -0.4 is 5.32 Å². The van der Waals surface area contributed by atoms with Crippen LogP contribution in [0.4, 0.5) is 8.78 Å². The molecule has 134 valence electrons. The number of nitrogens with zero attached hydrogens (tertiary/aromatic N) is 2. The quantitative estimate of drug-likeness (QED) is 0.836. The molecule has 0 spiro atoms. The smallest absolute Gasteiger partial charge is 0.327 e. The Labute approximate surface area is 145 Å². The summed E-state index contributed by atoms with van der Waals surface area (Å²) in [7, 11) is 0. The van der Waals surface area contributed by atoms with Crippen LogP contribution in [0.25, 0.3) is 0 Å². The van der Waals surface area contributed by atoms with E-state index in [1.54, 1.807) is 35.3 Å². The lowest BCUT2D eigenvalue weighted by atomic mass is 10.0. The molecule has 3 rings (SSSR count). The van der Waals surface area contributed by atoms with Crippen molar-refractivity contribution < 1.29 is 18.3 Å². The second-order valence-corrected chi connectivity index (χ2v) is 6.21. The molecule has 7 heteroatoms. The van der Waals surface area contributed by atoms with E-state index < -0.39 is 30.4 Å². The molecular formula is C18H21F2N3O2. The first-order valence-electron chi connectivity index (χ1n) is 8.37. The standard InChI is InChI=1S/C18H21F2N3O2/c19-18(20,12-15-8-4-11-25-15)17(24)22-16(13-23-10-5-9-21-23)14-6-2-1-3-7-14/h1-3,5-7,9-10,15-16H,4,8,11-13H2,(H,22,24). The molecule has 2 aromatic rings. The van der Waals surface area contributed by atoms with E-state index in [4.69, 9.17) is 4.74 Å². The van der Waals surface area contributed by atoms with Crippen molar-refractivity contribution in [2.24, 2.45) is 0 Å². The van der Waals surface area contributed by atoms with Crippen LogP contribution in [0, 0.1) is 0 Å². The molecule has 1 amide bonds. The third kappa shape index (κ3) is 4.63. The van der Waals surface area contributed by atoms with Gasteiger partial charge in [-0.3, -0.25) is 9.48 Å². The normalized spacial score (nSPS) is 18.9. The van der Waals surface area contributed by atoms with Crippen molar-refractivity contribution in [3.8, 4) is 0 Å². The Morgan fingerprint density at radius 3 is 2.80 bits per heavy atom. The van der Waals surface area contributed by atoms with Gasteiger partial charge in [-0.1, -0.05) is 30.3 Å². The fraction of sp³-hybridized carbons (Fsp3) is 0.444. The average molecular weight is 349 g/mol. The van der Waals surface area contributed by atoms with Gasteiger partial charge in [0.25, 0.3) is 5.91 Å². The van der Waals surface area contributed by atoms with Crippen LogP contribution in [0.1, 0.15) is 30.9 Å². The van der Waals surface area contributed by atoms with Crippen LogP contribution in [0.2, 0.25) is 0 Å². The van der Waals surface area contributed by atoms with Crippen molar-refractivity contribution in [2.75, 3.05) is 6.61 Å². The van der Waals surface area contributed by atoms with Crippen molar-refractivity contribution in [3.05, 3.63) is 54.4 Å². The third-order valence-corrected chi connectivity index (χ3v) is 4.28. The Balaban J connectivity index is 1.71. The number of hydrogen-bond donors (Lipinski definition) is 1. The minimum atomic E-state index is -3.47. The van der Waals surface area contributed by atoms with Gasteiger partial charge in [0.15, 0.2) is 0 Å². The number of rotatable bonds is 7. The highest BCUT2D eigenvalue weighted by Crippen LogP contribution is 2.28. The van der Waals surface area contributed by atoms with Gasteiger partial charge in [-0.05, 0) is 24.5 Å². The van der Waals surface area contributed by atoms with Gasteiger partial charge in [-0.2, -0.15) is 13.9 Å². The maximum atomic E-state index is 14.3. The summed E-state index contributed by atoms with van der Waals surface area (Å²) >= 11 is 0. The van der Waals surface area contributed by atoms with Gasteiger partial charge >= 0.3 is 5.92 Å². The van der Waals surface area contributed by atoms with E-state index >= 15 is 0 Å².